The van der Waals surface area contributed by atoms with Gasteiger partial charge in [-0.25, -0.2) is 13.1 Å². The first-order valence-electron chi connectivity index (χ1n) is 24.6. The zero-order valence-corrected chi connectivity index (χ0v) is 40.2. The number of benzene rings is 3. The standard InChI is InChI=1S/C52H64N8O7S/c1-34(2)40-8-4-5-9-41(40)44-10-6-23-58(44)38-31-52(32-38)20-25-57(26-21-52)37-11-13-42(45(29-37)59-24-7-27-67-50-47(59)28-36-17-22-53-48(36)55-50)49(61)56-68(65,66)39-12-14-43(46(30-39)60(63)64)54-33-35-15-18-51(3,62)19-16-35/h4-5,8-9,11-14,17,22,28-30,34-35,38,44,54,62H,6-7,10,15-16,18-21,23-27,31-33H2,1-3H3,(H,53,55)(H,56,61)/t35?,44-,51?/m0/s1. The predicted octanol–water partition coefficient (Wildman–Crippen LogP) is 9.57. The van der Waals surface area contributed by atoms with Crippen LogP contribution in [0.2, 0.25) is 0 Å². The lowest BCUT2D eigenvalue weighted by Gasteiger charge is -2.56. The predicted molar refractivity (Wildman–Crippen MR) is 265 cm³/mol. The van der Waals surface area contributed by atoms with E-state index in [9.17, 15) is 28.4 Å². The summed E-state index contributed by atoms with van der Waals surface area (Å²) in [6.45, 7) is 10.6. The molecule has 4 N–H and O–H groups in total. The summed E-state index contributed by atoms with van der Waals surface area (Å²) in [6.07, 6.45) is 12.3. The van der Waals surface area contributed by atoms with Gasteiger partial charge in [-0.1, -0.05) is 38.1 Å². The number of fused-ring (bicyclic) bond motifs is 2. The fourth-order valence-electron chi connectivity index (χ4n) is 11.8. The maximum absolute atomic E-state index is 14.4. The Labute approximate surface area is 398 Å². The van der Waals surface area contributed by atoms with Crippen LogP contribution in [-0.2, 0) is 10.0 Å². The van der Waals surface area contributed by atoms with Crippen molar-refractivity contribution in [2.24, 2.45) is 11.3 Å². The quantitative estimate of drug-likeness (QED) is 0.0687. The molecule has 3 aromatic carbocycles. The first-order chi connectivity index (χ1) is 32.7. The molecule has 5 heterocycles. The number of piperidine rings is 1. The third kappa shape index (κ3) is 9.14. The largest absolute Gasteiger partial charge is 0.476 e. The number of hydrogen-bond acceptors (Lipinski definition) is 12. The zero-order valence-electron chi connectivity index (χ0n) is 39.4. The van der Waals surface area contributed by atoms with Crippen LogP contribution in [0.25, 0.3) is 11.0 Å². The third-order valence-corrected chi connectivity index (χ3v) is 17.1. The van der Waals surface area contributed by atoms with Crippen LogP contribution in [0, 0.1) is 21.4 Å². The van der Waals surface area contributed by atoms with Crippen LogP contribution in [0.1, 0.15) is 125 Å². The summed E-state index contributed by atoms with van der Waals surface area (Å²) in [5.41, 5.74) is 5.26. The number of ether oxygens (including phenoxy) is 1. The molecule has 0 bridgehead atoms. The minimum Gasteiger partial charge on any atom is -0.476 e. The first kappa shape index (κ1) is 46.0. The van der Waals surface area contributed by atoms with Gasteiger partial charge in [0.2, 0.25) is 5.88 Å². The van der Waals surface area contributed by atoms with Gasteiger partial charge in [0.1, 0.15) is 17.0 Å². The lowest BCUT2D eigenvalue weighted by molar-refractivity contribution is -0.384. The number of pyridine rings is 1. The SMILES string of the molecule is CC(C)c1ccccc1[C@@H]1CCCN1C1CC2(CCN(c3ccc(C(=O)NS(=O)(=O)c4ccc(NCC5CCC(C)(O)CC5)c([N+](=O)[O-])c4)c(N4CCCOc5nc6[nH]ccc6cc54)c3)CC2)C1. The van der Waals surface area contributed by atoms with Crippen LogP contribution in [0.4, 0.5) is 28.4 Å². The molecule has 2 saturated carbocycles. The van der Waals surface area contributed by atoms with Crippen molar-refractivity contribution in [3.63, 3.8) is 0 Å². The molecule has 68 heavy (non-hydrogen) atoms. The topological polar surface area (TPSA) is 186 Å². The van der Waals surface area contributed by atoms with Gasteiger partial charge in [-0.05, 0) is 155 Å². The summed E-state index contributed by atoms with van der Waals surface area (Å²) in [7, 11) is -4.57. The molecular formula is C52H64N8O7S. The first-order valence-corrected chi connectivity index (χ1v) is 26.1. The molecule has 1 spiro atoms. The fraction of sp³-hybridized carbons (Fsp3) is 0.500. The van der Waals surface area contributed by atoms with Gasteiger partial charge in [-0.15, -0.1) is 0 Å². The van der Waals surface area contributed by atoms with Gasteiger partial charge in [-0.2, -0.15) is 4.98 Å². The summed E-state index contributed by atoms with van der Waals surface area (Å²) in [5.74, 6) is 0.249. The molecule has 0 unspecified atom stereocenters. The van der Waals surface area contributed by atoms with Crippen molar-refractivity contribution in [2.75, 3.05) is 54.4 Å². The molecule has 15 nitrogen and oxygen atoms in total. The Kier molecular flexibility index (Phi) is 12.4. The number of nitrogens with zero attached hydrogens (tertiary/aromatic N) is 5. The van der Waals surface area contributed by atoms with E-state index < -0.39 is 37.0 Å². The van der Waals surface area contributed by atoms with Crippen molar-refractivity contribution in [1.29, 1.82) is 0 Å². The van der Waals surface area contributed by atoms with E-state index in [1.54, 1.807) is 6.07 Å². The number of nitro groups is 1. The van der Waals surface area contributed by atoms with E-state index in [0.29, 0.717) is 85.3 Å². The van der Waals surface area contributed by atoms with Crippen molar-refractivity contribution in [3.05, 3.63) is 106 Å². The Morgan fingerprint density at radius 3 is 2.50 bits per heavy atom. The minimum absolute atomic E-state index is 0.133. The molecule has 1 amide bonds. The van der Waals surface area contributed by atoms with Crippen molar-refractivity contribution in [3.8, 4) is 5.88 Å². The summed E-state index contributed by atoms with van der Waals surface area (Å²) in [5, 5.41) is 26.6. The number of aromatic amines is 1. The number of hydrogen-bond donors (Lipinski definition) is 4. The Bertz CT molecular complexity index is 2800. The van der Waals surface area contributed by atoms with Crippen molar-refractivity contribution < 1.29 is 28.0 Å². The average Bonchev–Trinajstić information content (AvgIpc) is 3.95. The highest BCUT2D eigenvalue weighted by atomic mass is 32.2. The van der Waals surface area contributed by atoms with E-state index in [0.717, 1.165) is 62.5 Å². The average molecular weight is 945 g/mol. The number of aromatic nitrogens is 2. The van der Waals surface area contributed by atoms with Gasteiger partial charge in [0.05, 0.1) is 33.3 Å². The number of anilines is 4. The van der Waals surface area contributed by atoms with Crippen LogP contribution >= 0.6 is 0 Å². The maximum atomic E-state index is 14.4. The zero-order chi connectivity index (χ0) is 47.4. The summed E-state index contributed by atoms with van der Waals surface area (Å²) >= 11 is 0. The monoisotopic (exact) mass is 944 g/mol. The molecule has 10 rings (SSSR count). The number of nitrogens with one attached hydrogen (secondary N) is 3. The van der Waals surface area contributed by atoms with Crippen molar-refractivity contribution in [1.82, 2.24) is 19.6 Å². The second kappa shape index (κ2) is 18.3. The van der Waals surface area contributed by atoms with E-state index in [1.165, 1.54) is 48.9 Å². The molecule has 5 aliphatic rings. The number of H-pyrrole nitrogens is 1. The Hall–Kier alpha value is -5.71. The molecule has 4 fully saturated rings. The molecular weight excluding hydrogens is 881 g/mol. The highest BCUT2D eigenvalue weighted by molar-refractivity contribution is 7.90. The van der Waals surface area contributed by atoms with E-state index >= 15 is 0 Å². The van der Waals surface area contributed by atoms with Gasteiger partial charge in [0.25, 0.3) is 21.6 Å². The summed E-state index contributed by atoms with van der Waals surface area (Å²) in [6, 6.07) is 23.2. The molecule has 0 radical (unpaired) electrons. The Balaban J connectivity index is 0.886. The number of likely N-dealkylation sites (tertiary alicyclic amines) is 1. The minimum atomic E-state index is -4.57. The number of sulfonamides is 1. The Morgan fingerprint density at radius 2 is 1.74 bits per heavy atom. The molecule has 1 atom stereocenters. The molecule has 3 aliphatic heterocycles. The van der Waals surface area contributed by atoms with Crippen molar-refractivity contribution in [2.45, 2.75) is 120 Å². The molecule has 360 valence electrons. The maximum Gasteiger partial charge on any atom is 0.293 e. The van der Waals surface area contributed by atoms with Gasteiger partial charge < -0.3 is 29.9 Å². The number of carbonyl (C=O) groups excluding carboxylic acids is 1. The van der Waals surface area contributed by atoms with Gasteiger partial charge >= 0.3 is 0 Å². The second-order valence-corrected chi connectivity index (χ2v) is 22.4. The van der Waals surface area contributed by atoms with Gasteiger partial charge in [0.15, 0.2) is 0 Å². The highest BCUT2D eigenvalue weighted by Gasteiger charge is 2.50. The van der Waals surface area contributed by atoms with E-state index in [2.05, 4.69) is 62.9 Å². The van der Waals surface area contributed by atoms with E-state index in [-0.39, 0.29) is 17.2 Å². The van der Waals surface area contributed by atoms with Gasteiger partial charge in [0, 0.05) is 61.6 Å². The number of nitro benzene ring substituents is 1. The lowest BCUT2D eigenvalue weighted by Crippen LogP contribution is -2.55. The number of amides is 1. The third-order valence-electron chi connectivity index (χ3n) is 15.8. The van der Waals surface area contributed by atoms with Crippen LogP contribution < -0.4 is 24.6 Å². The number of carbonyl (C=O) groups is 1. The lowest BCUT2D eigenvalue weighted by atomic mass is 9.59. The Morgan fingerprint density at radius 1 is 0.956 bits per heavy atom. The normalized spacial score (nSPS) is 23.2. The van der Waals surface area contributed by atoms with E-state index in [1.807, 2.05) is 42.3 Å². The molecule has 2 saturated heterocycles. The molecule has 5 aromatic rings. The smallest absolute Gasteiger partial charge is 0.293 e. The number of rotatable bonds is 12. The second-order valence-electron chi connectivity index (χ2n) is 20.7. The fourth-order valence-corrected chi connectivity index (χ4v) is 12.8. The highest BCUT2D eigenvalue weighted by Crippen LogP contribution is 2.54. The van der Waals surface area contributed by atoms with Crippen LogP contribution in [-0.4, -0.2) is 90.2 Å². The molecule has 2 aliphatic carbocycles. The van der Waals surface area contributed by atoms with E-state index in [4.69, 9.17) is 9.72 Å². The van der Waals surface area contributed by atoms with Gasteiger partial charge in [-0.3, -0.25) is 19.8 Å². The molecule has 2 aromatic heterocycles. The number of aliphatic hydroxyl groups is 1. The summed E-state index contributed by atoms with van der Waals surface area (Å²) in [4.78, 5) is 40.8. The summed E-state index contributed by atoms with van der Waals surface area (Å²) < 4.78 is 36.4. The van der Waals surface area contributed by atoms with Crippen LogP contribution in [0.5, 0.6) is 5.88 Å². The molecule has 16 heteroatoms. The van der Waals surface area contributed by atoms with Crippen LogP contribution in [0.15, 0.2) is 83.9 Å². The van der Waals surface area contributed by atoms with Crippen molar-refractivity contribution >= 4 is 55.4 Å². The van der Waals surface area contributed by atoms with Crippen LogP contribution in [0.3, 0.4) is 0 Å².